The van der Waals surface area contributed by atoms with Gasteiger partial charge in [0, 0.05) is 11.8 Å². The van der Waals surface area contributed by atoms with E-state index in [1.54, 1.807) is 12.1 Å². The molecule has 1 aromatic carbocycles. The van der Waals surface area contributed by atoms with Gasteiger partial charge in [-0.05, 0) is 44.9 Å². The Labute approximate surface area is 226 Å². The van der Waals surface area contributed by atoms with Crippen LogP contribution in [0.1, 0.15) is 39.7 Å². The second-order valence-electron chi connectivity index (χ2n) is 8.94. The molecule has 4 rings (SSSR count). The molecule has 0 amide bonds. The van der Waals surface area contributed by atoms with Crippen LogP contribution in [0, 0.1) is 0 Å². The number of benzene rings is 1. The summed E-state index contributed by atoms with van der Waals surface area (Å²) in [5.41, 5.74) is 0.334. The number of esters is 1. The second kappa shape index (κ2) is 9.70. The van der Waals surface area contributed by atoms with Gasteiger partial charge in [0.05, 0.1) is 17.6 Å². The molecule has 1 aromatic rings. The van der Waals surface area contributed by atoms with Crippen LogP contribution in [-0.2, 0) is 38.3 Å². The standard InChI is InChI=1S/C23H28O10S.Na.H/c1-6-22(4)16(13-7-9-14(10-8-13)34(5,27)28)20(30-12(2)3)23(33-22)29-11-15(32-23)19-17(24)18(25)21(26)31-19;;/h7-10,12,15,19,24-25H,6,11H2,1-5H3;;/t15-,19+,22+,23?;;/m0../s1. The van der Waals surface area contributed by atoms with E-state index in [1.165, 1.54) is 12.1 Å². The minimum atomic E-state index is -3.38. The van der Waals surface area contributed by atoms with Crippen molar-refractivity contribution in [3.63, 3.8) is 0 Å². The van der Waals surface area contributed by atoms with Crippen LogP contribution >= 0.6 is 0 Å². The number of aliphatic hydroxyl groups excluding tert-OH is 2. The van der Waals surface area contributed by atoms with Crippen molar-refractivity contribution in [2.75, 3.05) is 12.9 Å². The van der Waals surface area contributed by atoms with E-state index < -0.39 is 51.1 Å². The molecule has 10 nitrogen and oxygen atoms in total. The Morgan fingerprint density at radius 2 is 1.83 bits per heavy atom. The fraction of sp³-hybridized carbons (Fsp3) is 0.522. The molecule has 3 aliphatic heterocycles. The number of carbonyl (C=O) groups is 1. The van der Waals surface area contributed by atoms with Crippen LogP contribution in [0.2, 0.25) is 0 Å². The Bertz CT molecular complexity index is 1170. The third-order valence-electron chi connectivity index (χ3n) is 6.01. The van der Waals surface area contributed by atoms with Gasteiger partial charge < -0.3 is 33.9 Å². The van der Waals surface area contributed by atoms with Crippen molar-refractivity contribution >= 4 is 50.9 Å². The number of aliphatic hydroxyl groups is 2. The van der Waals surface area contributed by atoms with E-state index >= 15 is 0 Å². The van der Waals surface area contributed by atoms with Gasteiger partial charge in [-0.3, -0.25) is 0 Å². The molecule has 0 saturated carbocycles. The van der Waals surface area contributed by atoms with Crippen LogP contribution in [0.4, 0.5) is 0 Å². The molecule has 12 heteroatoms. The number of hydrogen-bond donors (Lipinski definition) is 2. The van der Waals surface area contributed by atoms with Gasteiger partial charge in [0.1, 0.15) is 11.7 Å². The molecule has 0 aliphatic carbocycles. The van der Waals surface area contributed by atoms with Gasteiger partial charge in [0.25, 0.3) is 0 Å². The van der Waals surface area contributed by atoms with Crippen molar-refractivity contribution < 1.29 is 47.1 Å². The van der Waals surface area contributed by atoms with Crippen molar-refractivity contribution in [1.29, 1.82) is 0 Å². The summed E-state index contributed by atoms with van der Waals surface area (Å²) in [5.74, 6) is -4.12. The van der Waals surface area contributed by atoms with Crippen LogP contribution in [-0.4, -0.2) is 96.9 Å². The fourth-order valence-corrected chi connectivity index (χ4v) is 4.84. The molecule has 35 heavy (non-hydrogen) atoms. The molecule has 0 bridgehead atoms. The predicted molar refractivity (Wildman–Crippen MR) is 125 cm³/mol. The average Bonchev–Trinajstić information content (AvgIpc) is 3.37. The van der Waals surface area contributed by atoms with Crippen molar-refractivity contribution in [3.05, 3.63) is 47.1 Å². The first-order valence-corrected chi connectivity index (χ1v) is 12.8. The Kier molecular flexibility index (Phi) is 7.75. The van der Waals surface area contributed by atoms with Crippen LogP contribution in [0.3, 0.4) is 0 Å². The zero-order chi connectivity index (χ0) is 25.1. The summed E-state index contributed by atoms with van der Waals surface area (Å²) >= 11 is 0. The van der Waals surface area contributed by atoms with Gasteiger partial charge >= 0.3 is 41.5 Å². The molecular formula is C23H29NaO10S. The molecule has 1 saturated heterocycles. The van der Waals surface area contributed by atoms with E-state index in [0.717, 1.165) is 6.26 Å². The van der Waals surface area contributed by atoms with Crippen molar-refractivity contribution in [1.82, 2.24) is 0 Å². The molecule has 188 valence electrons. The summed E-state index contributed by atoms with van der Waals surface area (Å²) in [7, 11) is -3.38. The Balaban J connectivity index is 0.00000342. The topological polar surface area (TPSA) is 138 Å². The first-order valence-electron chi connectivity index (χ1n) is 10.9. The first kappa shape index (κ1) is 28.0. The first-order chi connectivity index (χ1) is 15.8. The third kappa shape index (κ3) is 4.87. The summed E-state index contributed by atoms with van der Waals surface area (Å²) in [6.07, 6.45) is -0.914. The molecule has 0 aromatic heterocycles. The van der Waals surface area contributed by atoms with E-state index in [0.29, 0.717) is 17.6 Å². The summed E-state index contributed by atoms with van der Waals surface area (Å²) in [4.78, 5) is 11.8. The van der Waals surface area contributed by atoms with E-state index in [4.69, 9.17) is 23.7 Å². The molecule has 0 radical (unpaired) electrons. The SMILES string of the molecule is CC[C@@]1(C)OC2(OC[C@@H]([C@H]3OC(=O)C(O)=C3O)O2)C(OC(C)C)=C1c1ccc(S(C)(=O)=O)cc1.[NaH]. The van der Waals surface area contributed by atoms with E-state index in [-0.39, 0.29) is 52.9 Å². The summed E-state index contributed by atoms with van der Waals surface area (Å²) in [6, 6.07) is 6.36. The quantitative estimate of drug-likeness (QED) is 0.424. The number of hydrogen-bond acceptors (Lipinski definition) is 10. The van der Waals surface area contributed by atoms with Crippen molar-refractivity contribution in [3.8, 4) is 0 Å². The van der Waals surface area contributed by atoms with E-state index in [9.17, 15) is 23.4 Å². The second-order valence-corrected chi connectivity index (χ2v) is 11.0. The van der Waals surface area contributed by atoms with Crippen LogP contribution in [0.15, 0.2) is 46.4 Å². The van der Waals surface area contributed by atoms with Gasteiger partial charge in [0.2, 0.25) is 5.76 Å². The third-order valence-corrected chi connectivity index (χ3v) is 7.14. The molecule has 1 fully saturated rings. The maximum atomic E-state index is 11.9. The van der Waals surface area contributed by atoms with Crippen LogP contribution in [0.5, 0.6) is 0 Å². The molecule has 3 aliphatic rings. The number of rotatable bonds is 6. The Morgan fingerprint density at radius 1 is 1.20 bits per heavy atom. The predicted octanol–water partition coefficient (Wildman–Crippen LogP) is 2.10. The van der Waals surface area contributed by atoms with Gasteiger partial charge in [0.15, 0.2) is 27.5 Å². The van der Waals surface area contributed by atoms with Crippen LogP contribution < -0.4 is 0 Å². The van der Waals surface area contributed by atoms with Gasteiger partial charge in [-0.1, -0.05) is 19.1 Å². The van der Waals surface area contributed by atoms with Gasteiger partial charge in [-0.2, -0.15) is 0 Å². The average molecular weight is 521 g/mol. The van der Waals surface area contributed by atoms with Gasteiger partial charge in [-0.15, -0.1) is 0 Å². The number of carbonyl (C=O) groups excluding carboxylic acids is 1. The fourth-order valence-electron chi connectivity index (χ4n) is 4.21. The minimum absolute atomic E-state index is 0. The summed E-state index contributed by atoms with van der Waals surface area (Å²) in [5, 5.41) is 19.8. The molecular weight excluding hydrogens is 491 g/mol. The monoisotopic (exact) mass is 520 g/mol. The molecule has 4 atom stereocenters. The maximum absolute atomic E-state index is 11.9. The number of sulfone groups is 1. The van der Waals surface area contributed by atoms with Gasteiger partial charge in [-0.25, -0.2) is 13.2 Å². The van der Waals surface area contributed by atoms with Crippen molar-refractivity contribution in [2.24, 2.45) is 0 Å². The molecule has 1 unspecified atom stereocenters. The van der Waals surface area contributed by atoms with Crippen LogP contribution in [0.25, 0.3) is 5.57 Å². The number of ether oxygens (including phenoxy) is 5. The Hall–Kier alpha value is -1.60. The zero-order valence-corrected chi connectivity index (χ0v) is 20.3. The summed E-state index contributed by atoms with van der Waals surface area (Å²) < 4.78 is 53.4. The van der Waals surface area contributed by atoms with E-state index in [2.05, 4.69) is 0 Å². The zero-order valence-electron chi connectivity index (χ0n) is 19.5. The molecule has 2 N–H and O–H groups in total. The Morgan fingerprint density at radius 3 is 2.31 bits per heavy atom. The molecule has 1 spiro atoms. The van der Waals surface area contributed by atoms with Crippen molar-refractivity contribution in [2.45, 2.75) is 68.9 Å². The molecule has 3 heterocycles. The summed E-state index contributed by atoms with van der Waals surface area (Å²) in [6.45, 7) is 7.27. The van der Waals surface area contributed by atoms with E-state index in [1.807, 2.05) is 27.7 Å². The number of cyclic esters (lactones) is 1. The normalized spacial score (nSPS) is 30.9.